The lowest BCUT2D eigenvalue weighted by molar-refractivity contribution is -0.310. The van der Waals surface area contributed by atoms with E-state index in [1.807, 2.05) is 30.3 Å². The molecule has 2 fully saturated rings. The van der Waals surface area contributed by atoms with Crippen molar-refractivity contribution in [2.24, 2.45) is 7.05 Å². The van der Waals surface area contributed by atoms with E-state index < -0.39 is 41.4 Å². The normalized spacial score (nSPS) is 17.2. The van der Waals surface area contributed by atoms with Crippen LogP contribution >= 0.6 is 0 Å². The number of hydrogen-bond donors (Lipinski definition) is 2. The molecule has 18 heteroatoms. The number of nitrogens with one attached hydrogen (secondary N) is 2. The van der Waals surface area contributed by atoms with Gasteiger partial charge in [0.2, 0.25) is 17.7 Å². The quantitative estimate of drug-likeness (QED) is 0.154. The van der Waals surface area contributed by atoms with Gasteiger partial charge >= 0.3 is 22.8 Å². The Balaban J connectivity index is 0.976. The van der Waals surface area contributed by atoms with Crippen molar-refractivity contribution in [1.29, 1.82) is 0 Å². The fraction of sp³-hybridized carbons (Fsp3) is 0.211. The van der Waals surface area contributed by atoms with Crippen molar-refractivity contribution < 1.29 is 36.7 Å². The average molecular weight is 780 g/mol. The van der Waals surface area contributed by atoms with E-state index in [0.717, 1.165) is 21.0 Å². The number of piperidine rings is 1. The maximum atomic E-state index is 16.2. The van der Waals surface area contributed by atoms with Crippen LogP contribution in [0.4, 0.5) is 15.8 Å². The lowest BCUT2D eigenvalue weighted by Gasteiger charge is -2.21. The summed E-state index contributed by atoms with van der Waals surface area (Å²) in [7, 11) is 1.62. The number of benzene rings is 4. The Morgan fingerprint density at radius 2 is 1.84 bits per heavy atom. The molecule has 2 N–H and O–H groups in total. The first-order valence-electron chi connectivity index (χ1n) is 17.5. The Labute approximate surface area is 318 Å². The summed E-state index contributed by atoms with van der Waals surface area (Å²) in [6.45, 7) is -0.348. The zero-order chi connectivity index (χ0) is 39.2. The smallest absolute Gasteiger partial charge is 0.473 e. The van der Waals surface area contributed by atoms with Crippen molar-refractivity contribution >= 4 is 68.0 Å². The summed E-state index contributed by atoms with van der Waals surface area (Å²) in [5, 5.41) is 9.96. The van der Waals surface area contributed by atoms with Gasteiger partial charge in [0.25, 0.3) is 0 Å². The molecule has 2 aliphatic rings. The summed E-state index contributed by atoms with van der Waals surface area (Å²) in [5.41, 5.74) is 3.13. The molecule has 56 heavy (non-hydrogen) atoms. The van der Waals surface area contributed by atoms with Gasteiger partial charge in [0.1, 0.15) is 24.1 Å². The minimum atomic E-state index is -2.50. The first-order chi connectivity index (χ1) is 27.0. The molecule has 2 atom stereocenters. The number of ether oxygens (including phenoxy) is 1. The highest BCUT2D eigenvalue weighted by molar-refractivity contribution is 7.81. The minimum Gasteiger partial charge on any atom is -0.487 e. The number of nitrogens with zero attached hydrogens (tertiary/aromatic N) is 6. The van der Waals surface area contributed by atoms with Crippen molar-refractivity contribution in [3.63, 3.8) is 0 Å². The third kappa shape index (κ3) is 6.63. The first kappa shape index (κ1) is 36.2. The zero-order valence-corrected chi connectivity index (χ0v) is 30.5. The molecule has 2 aromatic heterocycles. The molecule has 0 spiro atoms. The molecule has 284 valence electrons. The maximum absolute atomic E-state index is 16.2. The number of aromatic nitrogens is 4. The number of aryl methyl sites for hydroxylation is 2. The third-order valence-electron chi connectivity index (χ3n) is 9.74. The summed E-state index contributed by atoms with van der Waals surface area (Å²) in [6, 6.07) is 19.7. The Kier molecular flexibility index (Phi) is 9.33. The highest BCUT2D eigenvalue weighted by atomic mass is 32.2. The van der Waals surface area contributed by atoms with E-state index in [1.54, 1.807) is 48.4 Å². The van der Waals surface area contributed by atoms with Crippen LogP contribution in [0.2, 0.25) is 0 Å². The Morgan fingerprint density at radius 1 is 1.04 bits per heavy atom. The highest BCUT2D eigenvalue weighted by Crippen LogP contribution is 2.40. The summed E-state index contributed by atoms with van der Waals surface area (Å²) in [5.74, 6) is -3.08. The molecule has 4 amide bonds. The fourth-order valence-electron chi connectivity index (χ4n) is 6.90. The number of amides is 4. The number of fused-ring (bicyclic) bond motifs is 2. The van der Waals surface area contributed by atoms with Gasteiger partial charge in [-0.3, -0.25) is 33.5 Å². The van der Waals surface area contributed by atoms with Gasteiger partial charge in [-0.2, -0.15) is 9.31 Å². The van der Waals surface area contributed by atoms with Crippen LogP contribution in [0.15, 0.2) is 90.0 Å². The summed E-state index contributed by atoms with van der Waals surface area (Å²) in [6.07, 6.45) is 3.82. The predicted molar refractivity (Wildman–Crippen MR) is 202 cm³/mol. The Morgan fingerprint density at radius 3 is 2.59 bits per heavy atom. The zero-order valence-electron chi connectivity index (χ0n) is 29.6. The molecule has 0 aliphatic carbocycles. The van der Waals surface area contributed by atoms with Crippen LogP contribution < -0.4 is 25.4 Å². The molecular formula is C38H32FN8O8S+. The standard InChI is InChI=1S/C38H31FN8O8S/c1-43-30-16-23(7-10-28(30)46(38(43)52)29-11-12-32(48)42-37(29)51)25-18-40-44(19-25)14-13-33(49)41-26-8-9-27-24(15-26)17-31(55-21-22-5-3-2-4-6-22)36(35(27)39)45-20-34(50)47(53)56(45)54/h2-10,15-19,29H,11-14,20-21H2,1H3,(H-,41,42,48,49,51)/p+1. The molecule has 2 unspecified atom stereocenters. The molecule has 0 radical (unpaired) electrons. The highest BCUT2D eigenvalue weighted by Gasteiger charge is 2.49. The second-order valence-corrected chi connectivity index (χ2v) is 14.6. The van der Waals surface area contributed by atoms with Gasteiger partial charge in [0.15, 0.2) is 16.5 Å². The monoisotopic (exact) mass is 779 g/mol. The maximum Gasteiger partial charge on any atom is 0.473 e. The molecule has 0 saturated carbocycles. The number of nitroso groups, excluding NO2 is 1. The van der Waals surface area contributed by atoms with Crippen molar-refractivity contribution in [3.05, 3.63) is 112 Å². The van der Waals surface area contributed by atoms with Gasteiger partial charge in [0.05, 0.1) is 17.2 Å². The average Bonchev–Trinajstić information content (AvgIpc) is 3.84. The van der Waals surface area contributed by atoms with E-state index in [0.29, 0.717) is 22.1 Å². The number of anilines is 2. The summed E-state index contributed by atoms with van der Waals surface area (Å²) >= 11 is -2.50. The van der Waals surface area contributed by atoms with E-state index in [2.05, 4.69) is 15.7 Å². The van der Waals surface area contributed by atoms with Crippen LogP contribution in [0.25, 0.3) is 32.9 Å². The summed E-state index contributed by atoms with van der Waals surface area (Å²) in [4.78, 5) is 74.5. The summed E-state index contributed by atoms with van der Waals surface area (Å²) < 4.78 is 40.0. The van der Waals surface area contributed by atoms with E-state index in [-0.39, 0.29) is 70.9 Å². The van der Waals surface area contributed by atoms with Gasteiger partial charge in [-0.1, -0.05) is 36.4 Å². The van der Waals surface area contributed by atoms with Crippen molar-refractivity contribution in [2.75, 3.05) is 16.2 Å². The van der Waals surface area contributed by atoms with Gasteiger partial charge in [-0.25, -0.2) is 18.3 Å². The third-order valence-corrected chi connectivity index (χ3v) is 10.9. The van der Waals surface area contributed by atoms with Crippen LogP contribution in [0.1, 0.15) is 30.9 Å². The fourth-order valence-corrected chi connectivity index (χ4v) is 7.86. The topological polar surface area (TPSA) is 187 Å². The van der Waals surface area contributed by atoms with E-state index >= 15 is 4.39 Å². The van der Waals surface area contributed by atoms with Gasteiger partial charge in [-0.15, -0.1) is 0 Å². The van der Waals surface area contributed by atoms with Crippen LogP contribution in [-0.2, 0) is 50.5 Å². The number of carbonyl (C=O) groups excluding carboxylic acids is 4. The number of hydrogen-bond acceptors (Lipinski definition) is 9. The van der Waals surface area contributed by atoms with Crippen LogP contribution in [0.3, 0.4) is 0 Å². The minimum absolute atomic E-state index is 0.0201. The van der Waals surface area contributed by atoms with Gasteiger partial charge in [0, 0.05) is 54.2 Å². The first-order valence-corrected chi connectivity index (χ1v) is 18.5. The molecular weight excluding hydrogens is 748 g/mol. The molecule has 0 bridgehead atoms. The number of carbonyl (C=O) groups is 4. The van der Waals surface area contributed by atoms with Gasteiger partial charge in [-0.05, 0) is 59.3 Å². The van der Waals surface area contributed by atoms with Crippen molar-refractivity contribution in [1.82, 2.24) is 24.2 Å². The Hall–Kier alpha value is -6.82. The van der Waals surface area contributed by atoms with E-state index in [9.17, 15) is 33.1 Å². The van der Waals surface area contributed by atoms with Crippen LogP contribution in [0.5, 0.6) is 5.75 Å². The lowest BCUT2D eigenvalue weighted by atomic mass is 10.1. The second kappa shape index (κ2) is 14.4. The molecule has 8 rings (SSSR count). The predicted octanol–water partition coefficient (Wildman–Crippen LogP) is 3.79. The SMILES string of the molecule is Cn1c(=O)n(C2CCC(=O)NC2=O)c2ccc(-c3cnn(CCC(=O)Nc4ccc5c(F)c(N6CC(=O)[N+](=O)S6=O)c(OCc6ccccc6)cc5c4)c3)cc21. The number of imidazole rings is 1. The molecule has 2 saturated heterocycles. The largest absolute Gasteiger partial charge is 0.487 e. The van der Waals surface area contributed by atoms with Crippen molar-refractivity contribution in [2.45, 2.75) is 38.5 Å². The molecule has 16 nitrogen and oxygen atoms in total. The Bertz CT molecular complexity index is 2730. The molecule has 2 aliphatic heterocycles. The van der Waals surface area contributed by atoms with Crippen LogP contribution in [-0.4, -0.2) is 57.5 Å². The second-order valence-electron chi connectivity index (χ2n) is 13.3. The molecule has 4 aromatic carbocycles. The van der Waals surface area contributed by atoms with Crippen molar-refractivity contribution in [3.8, 4) is 16.9 Å². The van der Waals surface area contributed by atoms with Gasteiger partial charge < -0.3 is 10.1 Å². The number of halogens is 1. The molecule has 6 aromatic rings. The number of rotatable bonds is 10. The van der Waals surface area contributed by atoms with E-state index in [1.165, 1.54) is 27.3 Å². The molecule has 4 heterocycles. The number of imide groups is 1. The van der Waals surface area contributed by atoms with Crippen LogP contribution in [0, 0.1) is 10.7 Å². The lowest BCUT2D eigenvalue weighted by Crippen LogP contribution is -2.44. The van der Waals surface area contributed by atoms with E-state index in [4.69, 9.17) is 4.74 Å².